The zero-order chi connectivity index (χ0) is 14.4. The topological polar surface area (TPSA) is 35.2 Å². The van der Waals surface area contributed by atoms with Crippen molar-refractivity contribution in [2.45, 2.75) is 25.8 Å². The molecule has 0 fully saturated rings. The molecule has 0 spiro atoms. The summed E-state index contributed by atoms with van der Waals surface area (Å²) in [5.41, 5.74) is 7.98. The van der Waals surface area contributed by atoms with Crippen molar-refractivity contribution in [1.82, 2.24) is 0 Å². The second-order valence-corrected chi connectivity index (χ2v) is 4.91. The van der Waals surface area contributed by atoms with Gasteiger partial charge < -0.3 is 10.5 Å². The highest BCUT2D eigenvalue weighted by molar-refractivity contribution is 5.36. The molecule has 0 aliphatic carbocycles. The van der Waals surface area contributed by atoms with Crippen LogP contribution in [0.3, 0.4) is 0 Å². The molecule has 0 unspecified atom stereocenters. The fourth-order valence-corrected chi connectivity index (χ4v) is 2.11. The van der Waals surface area contributed by atoms with Gasteiger partial charge in [0.2, 0.25) is 0 Å². The van der Waals surface area contributed by atoms with Crippen molar-refractivity contribution in [2.24, 2.45) is 5.73 Å². The second kappa shape index (κ2) is 7.06. The van der Waals surface area contributed by atoms with Gasteiger partial charge in [-0.2, -0.15) is 0 Å². The molecule has 1 atom stereocenters. The molecule has 106 valence electrons. The summed E-state index contributed by atoms with van der Waals surface area (Å²) in [6.45, 7) is 2.42. The van der Waals surface area contributed by atoms with E-state index in [9.17, 15) is 4.39 Å². The molecular weight excluding hydrogens is 253 g/mol. The summed E-state index contributed by atoms with van der Waals surface area (Å²) in [5.74, 6) is 0.250. The number of hydrogen-bond acceptors (Lipinski definition) is 2. The maximum Gasteiger partial charge on any atom is 0.126 e. The van der Waals surface area contributed by atoms with Crippen molar-refractivity contribution in [2.75, 3.05) is 6.61 Å². The van der Waals surface area contributed by atoms with E-state index in [4.69, 9.17) is 10.5 Å². The molecule has 20 heavy (non-hydrogen) atoms. The van der Waals surface area contributed by atoms with Crippen molar-refractivity contribution in [3.63, 3.8) is 0 Å². The lowest BCUT2D eigenvalue weighted by atomic mass is 10.1. The molecule has 2 aromatic carbocycles. The molecule has 3 heteroatoms. The molecule has 0 saturated heterocycles. The van der Waals surface area contributed by atoms with Gasteiger partial charge in [0.1, 0.15) is 11.6 Å². The first-order valence-corrected chi connectivity index (χ1v) is 6.88. The smallest absolute Gasteiger partial charge is 0.126 e. The van der Waals surface area contributed by atoms with Gasteiger partial charge in [-0.25, -0.2) is 4.39 Å². The van der Waals surface area contributed by atoms with Gasteiger partial charge in [0.05, 0.1) is 6.61 Å². The van der Waals surface area contributed by atoms with E-state index in [2.05, 4.69) is 12.1 Å². The van der Waals surface area contributed by atoms with Gasteiger partial charge in [-0.15, -0.1) is 0 Å². The van der Waals surface area contributed by atoms with E-state index < -0.39 is 0 Å². The minimum Gasteiger partial charge on any atom is -0.493 e. The number of rotatable bonds is 6. The highest BCUT2D eigenvalue weighted by Crippen LogP contribution is 2.25. The number of nitrogens with two attached hydrogens (primary N) is 1. The Morgan fingerprint density at radius 3 is 2.60 bits per heavy atom. The van der Waals surface area contributed by atoms with Crippen molar-refractivity contribution in [1.29, 1.82) is 0 Å². The Morgan fingerprint density at radius 1 is 1.15 bits per heavy atom. The molecule has 0 amide bonds. The van der Waals surface area contributed by atoms with E-state index >= 15 is 0 Å². The minimum atomic E-state index is -0.299. The van der Waals surface area contributed by atoms with E-state index in [1.54, 1.807) is 6.07 Å². The Hall–Kier alpha value is -1.87. The van der Waals surface area contributed by atoms with E-state index in [0.29, 0.717) is 12.4 Å². The summed E-state index contributed by atoms with van der Waals surface area (Å²) in [7, 11) is 0. The molecule has 2 aromatic rings. The van der Waals surface area contributed by atoms with Gasteiger partial charge in [0.25, 0.3) is 0 Å². The lowest BCUT2D eigenvalue weighted by molar-refractivity contribution is 0.305. The second-order valence-electron chi connectivity index (χ2n) is 4.91. The Balaban J connectivity index is 1.89. The van der Waals surface area contributed by atoms with Crippen LogP contribution in [0, 0.1) is 5.82 Å². The lowest BCUT2D eigenvalue weighted by Gasteiger charge is -2.14. The van der Waals surface area contributed by atoms with Gasteiger partial charge in [0, 0.05) is 17.7 Å². The van der Waals surface area contributed by atoms with Crippen molar-refractivity contribution >= 4 is 0 Å². The number of halogens is 1. The number of benzene rings is 2. The fraction of sp³-hybridized carbons (Fsp3) is 0.294. The van der Waals surface area contributed by atoms with Crippen LogP contribution in [0.1, 0.15) is 30.5 Å². The average molecular weight is 273 g/mol. The summed E-state index contributed by atoms with van der Waals surface area (Å²) in [4.78, 5) is 0. The van der Waals surface area contributed by atoms with Gasteiger partial charge in [-0.3, -0.25) is 0 Å². The quantitative estimate of drug-likeness (QED) is 0.811. The molecule has 2 N–H and O–H groups in total. The molecule has 2 nitrogen and oxygen atoms in total. The first-order chi connectivity index (χ1) is 9.66. The standard InChI is InChI=1S/C17H20FNO/c1-13(19)16-10-9-15(18)12-17(16)20-11-5-8-14-6-3-2-4-7-14/h2-4,6-7,9-10,12-13H,5,8,11,19H2,1H3/t13-/m0/s1. The highest BCUT2D eigenvalue weighted by Gasteiger charge is 2.09. The van der Waals surface area contributed by atoms with Crippen molar-refractivity contribution < 1.29 is 9.13 Å². The Morgan fingerprint density at radius 2 is 1.90 bits per heavy atom. The highest BCUT2D eigenvalue weighted by atomic mass is 19.1. The average Bonchev–Trinajstić information content (AvgIpc) is 2.44. The predicted molar refractivity (Wildman–Crippen MR) is 79.3 cm³/mol. The molecule has 2 rings (SSSR count). The van der Waals surface area contributed by atoms with E-state index in [1.807, 2.05) is 25.1 Å². The van der Waals surface area contributed by atoms with Gasteiger partial charge in [-0.1, -0.05) is 36.4 Å². The van der Waals surface area contributed by atoms with Gasteiger partial charge in [-0.05, 0) is 31.4 Å². The third kappa shape index (κ3) is 4.07. The summed E-state index contributed by atoms with van der Waals surface area (Å²) >= 11 is 0. The molecule has 0 saturated carbocycles. The first-order valence-electron chi connectivity index (χ1n) is 6.88. The predicted octanol–water partition coefficient (Wildman–Crippen LogP) is 3.86. The number of ether oxygens (including phenoxy) is 1. The van der Waals surface area contributed by atoms with Crippen LogP contribution in [0.2, 0.25) is 0 Å². The van der Waals surface area contributed by atoms with Crippen LogP contribution in [0.5, 0.6) is 5.75 Å². The van der Waals surface area contributed by atoms with Crippen LogP contribution in [-0.2, 0) is 6.42 Å². The fourth-order valence-electron chi connectivity index (χ4n) is 2.11. The zero-order valence-corrected chi connectivity index (χ0v) is 11.7. The van der Waals surface area contributed by atoms with E-state index in [0.717, 1.165) is 18.4 Å². The van der Waals surface area contributed by atoms with Crippen LogP contribution < -0.4 is 10.5 Å². The third-order valence-corrected chi connectivity index (χ3v) is 3.18. The molecule has 0 aromatic heterocycles. The van der Waals surface area contributed by atoms with Crippen molar-refractivity contribution in [3.05, 3.63) is 65.5 Å². The van der Waals surface area contributed by atoms with Gasteiger partial charge in [0.15, 0.2) is 0 Å². The first kappa shape index (κ1) is 14.5. The SMILES string of the molecule is C[C@H](N)c1ccc(F)cc1OCCCc1ccccc1. The third-order valence-electron chi connectivity index (χ3n) is 3.18. The molecule has 0 aliphatic rings. The van der Waals surface area contributed by atoms with E-state index in [-0.39, 0.29) is 11.9 Å². The normalized spacial score (nSPS) is 12.2. The molecule has 0 radical (unpaired) electrons. The van der Waals surface area contributed by atoms with Crippen molar-refractivity contribution in [3.8, 4) is 5.75 Å². The molecule has 0 aliphatic heterocycles. The summed E-state index contributed by atoms with van der Waals surface area (Å²) in [6.07, 6.45) is 1.84. The van der Waals surface area contributed by atoms with Crippen LogP contribution in [0.4, 0.5) is 4.39 Å². The molecule has 0 bridgehead atoms. The minimum absolute atomic E-state index is 0.167. The molecule has 0 heterocycles. The largest absolute Gasteiger partial charge is 0.493 e. The van der Waals surface area contributed by atoms with Gasteiger partial charge >= 0.3 is 0 Å². The summed E-state index contributed by atoms with van der Waals surface area (Å²) in [6, 6.07) is 14.6. The van der Waals surface area contributed by atoms with E-state index in [1.165, 1.54) is 17.7 Å². The van der Waals surface area contributed by atoms with Crippen LogP contribution in [0.15, 0.2) is 48.5 Å². The maximum absolute atomic E-state index is 13.3. The summed E-state index contributed by atoms with van der Waals surface area (Å²) < 4.78 is 18.9. The number of hydrogen-bond donors (Lipinski definition) is 1. The summed E-state index contributed by atoms with van der Waals surface area (Å²) in [5, 5.41) is 0. The number of aryl methyl sites for hydroxylation is 1. The lowest BCUT2D eigenvalue weighted by Crippen LogP contribution is -2.09. The van der Waals surface area contributed by atoms with Crippen LogP contribution >= 0.6 is 0 Å². The Labute approximate surface area is 119 Å². The van der Waals surface area contributed by atoms with Crippen LogP contribution in [0.25, 0.3) is 0 Å². The monoisotopic (exact) mass is 273 g/mol. The zero-order valence-electron chi connectivity index (χ0n) is 11.7. The Kier molecular flexibility index (Phi) is 5.13. The van der Waals surface area contributed by atoms with Crippen LogP contribution in [-0.4, -0.2) is 6.61 Å². The maximum atomic E-state index is 13.3. The Bertz CT molecular complexity index is 540. The molecular formula is C17H20FNO.